The Morgan fingerprint density at radius 1 is 1.47 bits per heavy atom. The van der Waals surface area contributed by atoms with Gasteiger partial charge in [-0.15, -0.1) is 0 Å². The van der Waals surface area contributed by atoms with Gasteiger partial charge in [-0.3, -0.25) is 0 Å². The number of halogens is 1. The first kappa shape index (κ1) is 11.9. The average molecular weight is 254 g/mol. The molecule has 0 bridgehead atoms. The lowest BCUT2D eigenvalue weighted by molar-refractivity contribution is 0.0696. The largest absolute Gasteiger partial charge is 0.478 e. The van der Waals surface area contributed by atoms with Crippen molar-refractivity contribution in [3.05, 3.63) is 23.0 Å². The Labute approximate surface area is 103 Å². The predicted octanol–water partition coefficient (Wildman–Crippen LogP) is 2.54. The fourth-order valence-electron chi connectivity index (χ4n) is 1.55. The first-order chi connectivity index (χ1) is 7.80. The van der Waals surface area contributed by atoms with E-state index in [9.17, 15) is 4.79 Å². The fourth-order valence-corrected chi connectivity index (χ4v) is 1.77. The molecule has 0 atom stereocenters. The van der Waals surface area contributed by atoms with E-state index in [1.807, 2.05) is 20.8 Å². The van der Waals surface area contributed by atoms with Crippen molar-refractivity contribution in [1.29, 1.82) is 0 Å². The van der Waals surface area contributed by atoms with Crippen LogP contribution in [-0.2, 0) is 5.54 Å². The third kappa shape index (κ3) is 1.98. The Morgan fingerprint density at radius 3 is 2.65 bits per heavy atom. The molecular formula is C11H12ClN3O2. The van der Waals surface area contributed by atoms with Crippen LogP contribution in [0.5, 0.6) is 0 Å². The average Bonchev–Trinajstić information content (AvgIpc) is 2.55. The van der Waals surface area contributed by atoms with Crippen LogP contribution in [0.4, 0.5) is 0 Å². The number of fused-ring (bicyclic) bond motifs is 1. The highest BCUT2D eigenvalue weighted by molar-refractivity contribution is 6.34. The van der Waals surface area contributed by atoms with Crippen molar-refractivity contribution in [3.8, 4) is 0 Å². The van der Waals surface area contributed by atoms with Crippen molar-refractivity contribution >= 4 is 28.6 Å². The number of hydrogen-bond acceptors (Lipinski definition) is 3. The molecule has 0 aliphatic rings. The summed E-state index contributed by atoms with van der Waals surface area (Å²) in [7, 11) is 0. The van der Waals surface area contributed by atoms with Crippen molar-refractivity contribution < 1.29 is 9.90 Å². The van der Waals surface area contributed by atoms with Gasteiger partial charge in [0.05, 0.1) is 16.5 Å². The number of hydrogen-bond donors (Lipinski definition) is 1. The minimum Gasteiger partial charge on any atom is -0.478 e. The zero-order chi connectivity index (χ0) is 12.8. The van der Waals surface area contributed by atoms with Gasteiger partial charge in [0.2, 0.25) is 0 Å². The maximum absolute atomic E-state index is 10.8. The summed E-state index contributed by atoms with van der Waals surface area (Å²) in [6, 6.07) is 1.49. The summed E-state index contributed by atoms with van der Waals surface area (Å²) in [6.07, 6.45) is 1.31. The van der Waals surface area contributed by atoms with Crippen LogP contribution in [0.15, 0.2) is 12.3 Å². The summed E-state index contributed by atoms with van der Waals surface area (Å²) in [5.74, 6) is -1.03. The van der Waals surface area contributed by atoms with Crippen LogP contribution in [0.25, 0.3) is 11.0 Å². The van der Waals surface area contributed by atoms with Gasteiger partial charge >= 0.3 is 5.97 Å². The molecule has 0 aliphatic heterocycles. The van der Waals surface area contributed by atoms with Crippen molar-refractivity contribution in [3.63, 3.8) is 0 Å². The van der Waals surface area contributed by atoms with Gasteiger partial charge < -0.3 is 5.11 Å². The molecule has 2 heterocycles. The molecule has 5 nitrogen and oxygen atoms in total. The monoisotopic (exact) mass is 253 g/mol. The fraction of sp³-hybridized carbons (Fsp3) is 0.364. The number of nitrogens with zero attached hydrogens (tertiary/aromatic N) is 3. The topological polar surface area (TPSA) is 68.0 Å². The SMILES string of the molecule is CC(C)(C)n1nc(Cl)c2cc(C(=O)O)cnc21. The zero-order valence-electron chi connectivity index (χ0n) is 9.73. The molecule has 0 aromatic carbocycles. The number of pyridine rings is 1. The lowest BCUT2D eigenvalue weighted by atomic mass is 10.1. The molecule has 90 valence electrons. The van der Waals surface area contributed by atoms with Gasteiger partial charge in [0, 0.05) is 6.20 Å². The summed E-state index contributed by atoms with van der Waals surface area (Å²) in [5, 5.41) is 13.9. The number of carbonyl (C=O) groups is 1. The molecule has 0 amide bonds. The number of carboxylic acid groups (broad SMARTS) is 1. The number of aromatic carboxylic acids is 1. The van der Waals surface area contributed by atoms with Crippen LogP contribution in [0.3, 0.4) is 0 Å². The van der Waals surface area contributed by atoms with Crippen LogP contribution in [0.2, 0.25) is 5.15 Å². The second kappa shape index (κ2) is 3.70. The number of carboxylic acids is 1. The predicted molar refractivity (Wildman–Crippen MR) is 64.5 cm³/mol. The summed E-state index contributed by atoms with van der Waals surface area (Å²) < 4.78 is 1.69. The van der Waals surface area contributed by atoms with Crippen molar-refractivity contribution in [2.45, 2.75) is 26.3 Å². The minimum atomic E-state index is -1.03. The van der Waals surface area contributed by atoms with E-state index in [1.165, 1.54) is 12.3 Å². The van der Waals surface area contributed by atoms with Crippen LogP contribution in [0.1, 0.15) is 31.1 Å². The standard InChI is InChI=1S/C11H12ClN3O2/c1-11(2,3)15-9-7(8(12)14-15)4-6(5-13-9)10(16)17/h4-5H,1-3H3,(H,16,17). The highest BCUT2D eigenvalue weighted by Crippen LogP contribution is 2.26. The summed E-state index contributed by atoms with van der Waals surface area (Å²) in [4.78, 5) is 15.0. The van der Waals surface area contributed by atoms with Crippen LogP contribution < -0.4 is 0 Å². The van der Waals surface area contributed by atoms with E-state index < -0.39 is 5.97 Å². The second-order valence-corrected chi connectivity index (χ2v) is 5.13. The van der Waals surface area contributed by atoms with E-state index in [0.717, 1.165) is 0 Å². The minimum absolute atomic E-state index is 0.104. The molecule has 2 aromatic rings. The van der Waals surface area contributed by atoms with Crippen molar-refractivity contribution in [1.82, 2.24) is 14.8 Å². The molecular weight excluding hydrogens is 242 g/mol. The molecule has 1 N–H and O–H groups in total. The van der Waals surface area contributed by atoms with Crippen molar-refractivity contribution in [2.24, 2.45) is 0 Å². The van der Waals surface area contributed by atoms with Gasteiger partial charge in [-0.2, -0.15) is 5.10 Å². The molecule has 0 saturated carbocycles. The molecule has 0 fully saturated rings. The third-order valence-electron chi connectivity index (χ3n) is 2.36. The first-order valence-corrected chi connectivity index (χ1v) is 5.46. The van der Waals surface area contributed by atoms with Gasteiger partial charge in [0.1, 0.15) is 0 Å². The number of rotatable bonds is 1. The summed E-state index contributed by atoms with van der Waals surface area (Å²) in [5.41, 5.74) is 0.434. The summed E-state index contributed by atoms with van der Waals surface area (Å²) >= 11 is 6.00. The second-order valence-electron chi connectivity index (χ2n) is 4.77. The molecule has 0 spiro atoms. The normalized spacial score (nSPS) is 12.0. The molecule has 0 saturated heterocycles. The molecule has 0 radical (unpaired) electrons. The van der Waals surface area contributed by atoms with Crippen LogP contribution in [-0.4, -0.2) is 25.8 Å². The first-order valence-electron chi connectivity index (χ1n) is 5.09. The molecule has 6 heteroatoms. The maximum atomic E-state index is 10.8. The van der Waals surface area contributed by atoms with E-state index >= 15 is 0 Å². The van der Waals surface area contributed by atoms with E-state index in [1.54, 1.807) is 4.68 Å². The van der Waals surface area contributed by atoms with Crippen LogP contribution >= 0.6 is 11.6 Å². The molecule has 2 aromatic heterocycles. The van der Waals surface area contributed by atoms with Gasteiger partial charge in [-0.25, -0.2) is 14.5 Å². The van der Waals surface area contributed by atoms with E-state index in [0.29, 0.717) is 11.0 Å². The van der Waals surface area contributed by atoms with E-state index in [4.69, 9.17) is 16.7 Å². The van der Waals surface area contributed by atoms with E-state index in [2.05, 4.69) is 10.1 Å². The molecule has 17 heavy (non-hydrogen) atoms. The van der Waals surface area contributed by atoms with Gasteiger partial charge in [0.25, 0.3) is 0 Å². The quantitative estimate of drug-likeness (QED) is 0.848. The highest BCUT2D eigenvalue weighted by Gasteiger charge is 2.21. The Morgan fingerprint density at radius 2 is 2.12 bits per heavy atom. The number of aromatic nitrogens is 3. The Bertz CT molecular complexity index is 599. The zero-order valence-corrected chi connectivity index (χ0v) is 10.5. The van der Waals surface area contributed by atoms with Gasteiger partial charge in [0.15, 0.2) is 10.8 Å². The van der Waals surface area contributed by atoms with E-state index in [-0.39, 0.29) is 16.3 Å². The van der Waals surface area contributed by atoms with Crippen LogP contribution in [0, 0.1) is 0 Å². The van der Waals surface area contributed by atoms with Crippen molar-refractivity contribution in [2.75, 3.05) is 0 Å². The third-order valence-corrected chi connectivity index (χ3v) is 2.64. The lowest BCUT2D eigenvalue weighted by Crippen LogP contribution is -2.23. The lowest BCUT2D eigenvalue weighted by Gasteiger charge is -2.19. The van der Waals surface area contributed by atoms with Gasteiger partial charge in [-0.05, 0) is 26.8 Å². The van der Waals surface area contributed by atoms with Gasteiger partial charge in [-0.1, -0.05) is 11.6 Å². The summed E-state index contributed by atoms with van der Waals surface area (Å²) in [6.45, 7) is 5.92. The Balaban J connectivity index is 2.74. The smallest absolute Gasteiger partial charge is 0.337 e. The molecule has 2 rings (SSSR count). The highest BCUT2D eigenvalue weighted by atomic mass is 35.5. The Hall–Kier alpha value is -1.62. The maximum Gasteiger partial charge on any atom is 0.337 e. The Kier molecular flexibility index (Phi) is 2.58. The molecule has 0 unspecified atom stereocenters. The molecule has 0 aliphatic carbocycles.